The summed E-state index contributed by atoms with van der Waals surface area (Å²) in [5.74, 6) is 0.575. The Labute approximate surface area is 131 Å². The van der Waals surface area contributed by atoms with Gasteiger partial charge >= 0.3 is 0 Å². The van der Waals surface area contributed by atoms with Crippen molar-refractivity contribution in [2.24, 2.45) is 5.92 Å². The van der Waals surface area contributed by atoms with E-state index in [1.807, 2.05) is 0 Å². The quantitative estimate of drug-likeness (QED) is 0.904. The summed E-state index contributed by atoms with van der Waals surface area (Å²) in [6, 6.07) is 6.59. The van der Waals surface area contributed by atoms with E-state index in [0.29, 0.717) is 25.4 Å². The van der Waals surface area contributed by atoms with Crippen LogP contribution in [0.5, 0.6) is 0 Å². The molecule has 2 aliphatic rings. The molecule has 2 fully saturated rings. The van der Waals surface area contributed by atoms with E-state index in [2.05, 4.69) is 4.72 Å². The Bertz CT molecular complexity index is 634. The van der Waals surface area contributed by atoms with Crippen LogP contribution in [-0.4, -0.2) is 27.4 Å². The molecule has 0 atom stereocenters. The lowest BCUT2D eigenvalue weighted by Gasteiger charge is -2.16. The molecule has 0 radical (unpaired) electrons. The van der Waals surface area contributed by atoms with Gasteiger partial charge in [0.2, 0.25) is 15.9 Å². The van der Waals surface area contributed by atoms with Gasteiger partial charge in [0.05, 0.1) is 4.90 Å². The molecule has 1 heterocycles. The number of rotatable bonds is 5. The molecule has 1 aliphatic heterocycles. The van der Waals surface area contributed by atoms with E-state index in [1.54, 1.807) is 29.2 Å². The van der Waals surface area contributed by atoms with E-state index >= 15 is 0 Å². The van der Waals surface area contributed by atoms with Crippen LogP contribution < -0.4 is 9.62 Å². The third-order valence-corrected chi connectivity index (χ3v) is 6.01. The number of nitrogens with one attached hydrogen (secondary N) is 1. The second kappa shape index (κ2) is 6.38. The molecule has 0 bridgehead atoms. The van der Waals surface area contributed by atoms with Crippen LogP contribution in [-0.2, 0) is 14.8 Å². The van der Waals surface area contributed by atoms with Gasteiger partial charge in [-0.25, -0.2) is 13.1 Å². The van der Waals surface area contributed by atoms with Crippen molar-refractivity contribution in [2.45, 2.75) is 43.4 Å². The van der Waals surface area contributed by atoms with Crippen LogP contribution in [0.15, 0.2) is 29.2 Å². The van der Waals surface area contributed by atoms with E-state index in [9.17, 15) is 13.2 Å². The van der Waals surface area contributed by atoms with Crippen LogP contribution in [0.25, 0.3) is 0 Å². The van der Waals surface area contributed by atoms with Crippen LogP contribution in [0.2, 0.25) is 0 Å². The predicted molar refractivity (Wildman–Crippen MR) is 85.2 cm³/mol. The smallest absolute Gasteiger partial charge is 0.240 e. The topological polar surface area (TPSA) is 66.5 Å². The number of hydrogen-bond donors (Lipinski definition) is 1. The van der Waals surface area contributed by atoms with E-state index < -0.39 is 10.0 Å². The highest BCUT2D eigenvalue weighted by Crippen LogP contribution is 2.25. The molecule has 5 nitrogen and oxygen atoms in total. The average molecular weight is 322 g/mol. The second-order valence-electron chi connectivity index (χ2n) is 6.15. The number of nitrogens with zero attached hydrogens (tertiary/aromatic N) is 1. The van der Waals surface area contributed by atoms with Crippen LogP contribution >= 0.6 is 0 Å². The Morgan fingerprint density at radius 1 is 1.09 bits per heavy atom. The first-order chi connectivity index (χ1) is 10.6. The lowest BCUT2D eigenvalue weighted by atomic mass is 10.1. The zero-order valence-electron chi connectivity index (χ0n) is 12.6. The third-order valence-electron chi connectivity index (χ3n) is 4.57. The van der Waals surface area contributed by atoms with Gasteiger partial charge in [-0.2, -0.15) is 0 Å². The zero-order chi connectivity index (χ0) is 15.6. The van der Waals surface area contributed by atoms with Crippen LogP contribution in [0.4, 0.5) is 5.69 Å². The molecule has 1 saturated carbocycles. The van der Waals surface area contributed by atoms with Crippen molar-refractivity contribution < 1.29 is 13.2 Å². The minimum atomic E-state index is -3.46. The van der Waals surface area contributed by atoms with Crippen molar-refractivity contribution in [1.82, 2.24) is 4.72 Å². The largest absolute Gasteiger partial charge is 0.312 e. The summed E-state index contributed by atoms with van der Waals surface area (Å²) in [6.07, 6.45) is 6.05. The molecule has 1 aliphatic carbocycles. The molecule has 0 spiro atoms. The van der Waals surface area contributed by atoms with Gasteiger partial charge in [0, 0.05) is 25.2 Å². The molecule has 0 unspecified atom stereocenters. The summed E-state index contributed by atoms with van der Waals surface area (Å²) in [5, 5.41) is 0. The molecule has 1 saturated heterocycles. The fourth-order valence-electron chi connectivity index (χ4n) is 3.25. The highest BCUT2D eigenvalue weighted by Gasteiger charge is 2.23. The number of sulfonamides is 1. The van der Waals surface area contributed by atoms with E-state index in [1.165, 1.54) is 12.8 Å². The molecule has 1 N–H and O–H groups in total. The first-order valence-corrected chi connectivity index (χ1v) is 9.45. The predicted octanol–water partition coefficient (Wildman–Crippen LogP) is 2.28. The SMILES string of the molecule is O=C1CCCN1c1ccc(S(=O)(=O)NCC2CCCC2)cc1. The number of benzene rings is 1. The first-order valence-electron chi connectivity index (χ1n) is 7.96. The van der Waals surface area contributed by atoms with Crippen molar-refractivity contribution >= 4 is 21.6 Å². The first kappa shape index (κ1) is 15.5. The monoisotopic (exact) mass is 322 g/mol. The molecule has 3 rings (SSSR count). The van der Waals surface area contributed by atoms with Gasteiger partial charge in [-0.1, -0.05) is 12.8 Å². The number of carbonyl (C=O) groups excluding carboxylic acids is 1. The standard InChI is InChI=1S/C16H22N2O3S/c19-16-6-3-11-18(16)14-7-9-15(10-8-14)22(20,21)17-12-13-4-1-2-5-13/h7-10,13,17H,1-6,11-12H2. The summed E-state index contributed by atoms with van der Waals surface area (Å²) in [4.78, 5) is 13.7. The second-order valence-corrected chi connectivity index (χ2v) is 7.91. The maximum atomic E-state index is 12.3. The summed E-state index contributed by atoms with van der Waals surface area (Å²) in [7, 11) is -3.46. The highest BCUT2D eigenvalue weighted by atomic mass is 32.2. The zero-order valence-corrected chi connectivity index (χ0v) is 13.4. The van der Waals surface area contributed by atoms with Gasteiger partial charge in [0.15, 0.2) is 0 Å². The minimum Gasteiger partial charge on any atom is -0.312 e. The Balaban J connectivity index is 1.67. The van der Waals surface area contributed by atoms with Crippen molar-refractivity contribution in [3.8, 4) is 0 Å². The van der Waals surface area contributed by atoms with Gasteiger partial charge in [-0.15, -0.1) is 0 Å². The van der Waals surface area contributed by atoms with E-state index in [4.69, 9.17) is 0 Å². The molecule has 1 aromatic rings. The Morgan fingerprint density at radius 3 is 2.36 bits per heavy atom. The normalized spacial score (nSPS) is 20.0. The number of amides is 1. The molecular formula is C16H22N2O3S. The Hall–Kier alpha value is -1.40. The molecular weight excluding hydrogens is 300 g/mol. The summed E-state index contributed by atoms with van der Waals surface area (Å²) < 4.78 is 27.3. The average Bonchev–Trinajstić information content (AvgIpc) is 3.17. The lowest BCUT2D eigenvalue weighted by molar-refractivity contribution is -0.117. The lowest BCUT2D eigenvalue weighted by Crippen LogP contribution is -2.28. The van der Waals surface area contributed by atoms with Crippen molar-refractivity contribution in [1.29, 1.82) is 0 Å². The highest BCUT2D eigenvalue weighted by molar-refractivity contribution is 7.89. The summed E-state index contributed by atoms with van der Waals surface area (Å²) >= 11 is 0. The summed E-state index contributed by atoms with van der Waals surface area (Å²) in [5.41, 5.74) is 0.775. The fraction of sp³-hybridized carbons (Fsp3) is 0.562. The van der Waals surface area contributed by atoms with Crippen LogP contribution in [0.1, 0.15) is 38.5 Å². The Kier molecular flexibility index (Phi) is 4.49. The van der Waals surface area contributed by atoms with Crippen LogP contribution in [0, 0.1) is 5.92 Å². The van der Waals surface area contributed by atoms with Gasteiger partial charge in [-0.3, -0.25) is 4.79 Å². The van der Waals surface area contributed by atoms with Crippen molar-refractivity contribution in [2.75, 3.05) is 18.0 Å². The molecule has 1 amide bonds. The van der Waals surface area contributed by atoms with Crippen molar-refractivity contribution in [3.05, 3.63) is 24.3 Å². The van der Waals surface area contributed by atoms with Crippen LogP contribution in [0.3, 0.4) is 0 Å². The number of anilines is 1. The fourth-order valence-corrected chi connectivity index (χ4v) is 4.37. The summed E-state index contributed by atoms with van der Waals surface area (Å²) in [6.45, 7) is 1.24. The van der Waals surface area contributed by atoms with Gasteiger partial charge < -0.3 is 4.90 Å². The van der Waals surface area contributed by atoms with Gasteiger partial charge in [0.1, 0.15) is 0 Å². The molecule has 120 valence electrons. The minimum absolute atomic E-state index is 0.106. The third kappa shape index (κ3) is 3.33. The van der Waals surface area contributed by atoms with E-state index in [0.717, 1.165) is 24.9 Å². The maximum Gasteiger partial charge on any atom is 0.240 e. The Morgan fingerprint density at radius 2 is 1.77 bits per heavy atom. The molecule has 1 aromatic carbocycles. The van der Waals surface area contributed by atoms with Gasteiger partial charge in [-0.05, 0) is 49.4 Å². The number of carbonyl (C=O) groups is 1. The maximum absolute atomic E-state index is 12.3. The van der Waals surface area contributed by atoms with Gasteiger partial charge in [0.25, 0.3) is 0 Å². The number of hydrogen-bond acceptors (Lipinski definition) is 3. The molecule has 0 aromatic heterocycles. The molecule has 6 heteroatoms. The van der Waals surface area contributed by atoms with Crippen molar-refractivity contribution in [3.63, 3.8) is 0 Å². The molecule has 22 heavy (non-hydrogen) atoms. The van der Waals surface area contributed by atoms with E-state index in [-0.39, 0.29) is 10.8 Å².